The Morgan fingerprint density at radius 2 is 1.39 bits per heavy atom. The van der Waals surface area contributed by atoms with Gasteiger partial charge in [0.15, 0.2) is 0 Å². The van der Waals surface area contributed by atoms with Gasteiger partial charge in [0.05, 0.1) is 17.2 Å². The van der Waals surface area contributed by atoms with E-state index in [1.807, 2.05) is 49.5 Å². The number of aliphatic carboxylic acids is 2. The summed E-state index contributed by atoms with van der Waals surface area (Å²) in [5.41, 5.74) is 3.08. The Morgan fingerprint density at radius 3 is 1.91 bits per heavy atom. The average molecular weight is 916 g/mol. The van der Waals surface area contributed by atoms with Gasteiger partial charge in [0.2, 0.25) is 12.2 Å². The van der Waals surface area contributed by atoms with E-state index in [-0.39, 0.29) is 22.8 Å². The molecule has 4 heterocycles. The van der Waals surface area contributed by atoms with Gasteiger partial charge >= 0.3 is 18.1 Å². The van der Waals surface area contributed by atoms with Crippen molar-refractivity contribution in [2.24, 2.45) is 11.3 Å². The molecule has 5 unspecified atom stereocenters. The van der Waals surface area contributed by atoms with Crippen LogP contribution in [0.2, 0.25) is 10.0 Å². The van der Waals surface area contributed by atoms with Gasteiger partial charge in [0, 0.05) is 50.8 Å². The fourth-order valence-corrected chi connectivity index (χ4v) is 8.31. The third kappa shape index (κ3) is 11.8. The number of hydrogen-bond donors (Lipinski definition) is 3. The van der Waals surface area contributed by atoms with Crippen LogP contribution in [0.15, 0.2) is 146 Å². The molecule has 3 fully saturated rings. The molecule has 0 spiro atoms. The minimum Gasteiger partial charge on any atom is -0.478 e. The molecule has 3 N–H and O–H groups in total. The summed E-state index contributed by atoms with van der Waals surface area (Å²) in [5.74, 6) is -1.39. The number of carboxylic acid groups (broad SMARTS) is 2. The number of aryl methyl sites for hydroxylation is 1. The molecular weight excluding hydrogens is 868 g/mol. The number of aliphatic hydroxyl groups is 1. The fraction of sp³-hybridized carbons (Fsp3) is 0.260. The van der Waals surface area contributed by atoms with Crippen LogP contribution in [0.4, 0.5) is 13.2 Å². The molecule has 9 rings (SSSR count). The van der Waals surface area contributed by atoms with Crippen molar-refractivity contribution in [3.8, 4) is 11.5 Å². The van der Waals surface area contributed by atoms with Gasteiger partial charge in [-0.3, -0.25) is 9.88 Å². The zero-order valence-electron chi connectivity index (χ0n) is 35.0. The van der Waals surface area contributed by atoms with Crippen LogP contribution in [-0.2, 0) is 15.8 Å². The lowest BCUT2D eigenvalue weighted by molar-refractivity contribution is -0.146. The smallest absolute Gasteiger partial charge is 0.416 e. The Kier molecular flexibility index (Phi) is 15.4. The molecule has 0 radical (unpaired) electrons. The number of hydrogen-bond acceptors (Lipinski definition) is 7. The molecule has 6 aromatic rings. The SMILES string of the molecule is C=CC1(C)CN2CCC1C[C@@H]2[C@H](O)c1ccnc2ccccc12.Cc1cccc(OC(C(=O)O)c2ccc(Cl)cc2)c1.O=C(O)C(Oc1cccc(C(F)(F)F)c1)c1ccc(Cl)cc1. The molecule has 0 amide bonds. The number of ether oxygens (including phenoxy) is 2. The van der Waals surface area contributed by atoms with Crippen LogP contribution in [0.1, 0.15) is 65.9 Å². The summed E-state index contributed by atoms with van der Waals surface area (Å²) in [5, 5.41) is 31.6. The van der Waals surface area contributed by atoms with Crippen LogP contribution in [-0.4, -0.2) is 56.3 Å². The molecule has 3 aliphatic rings. The number of piperidine rings is 3. The van der Waals surface area contributed by atoms with Gasteiger partial charge in [-0.25, -0.2) is 9.59 Å². The van der Waals surface area contributed by atoms with Crippen LogP contribution in [0, 0.1) is 18.3 Å². The molecule has 5 aromatic carbocycles. The maximum Gasteiger partial charge on any atom is 0.416 e. The number of pyridine rings is 1. The summed E-state index contributed by atoms with van der Waals surface area (Å²) in [4.78, 5) is 29.5. The van der Waals surface area contributed by atoms with E-state index in [9.17, 15) is 38.1 Å². The molecule has 1 aromatic heterocycles. The zero-order chi connectivity index (χ0) is 46.2. The highest BCUT2D eigenvalue weighted by Crippen LogP contribution is 2.48. The molecule has 64 heavy (non-hydrogen) atoms. The molecule has 2 bridgehead atoms. The Morgan fingerprint density at radius 1 is 0.828 bits per heavy atom. The second kappa shape index (κ2) is 20.7. The molecular formula is C50H47Cl2F3N2O7. The number of aliphatic hydroxyl groups excluding tert-OH is 1. The van der Waals surface area contributed by atoms with E-state index in [1.54, 1.807) is 36.4 Å². The topological polar surface area (TPSA) is 129 Å². The van der Waals surface area contributed by atoms with Crippen LogP contribution >= 0.6 is 23.2 Å². The Hall–Kier alpha value is -5.92. The van der Waals surface area contributed by atoms with Crippen LogP contribution < -0.4 is 9.47 Å². The lowest BCUT2D eigenvalue weighted by Gasteiger charge is -2.55. The number of carboxylic acids is 2. The highest BCUT2D eigenvalue weighted by molar-refractivity contribution is 6.30. The molecule has 0 saturated carbocycles. The van der Waals surface area contributed by atoms with Crippen LogP contribution in [0.3, 0.4) is 0 Å². The number of halogens is 5. The van der Waals surface area contributed by atoms with Crippen LogP contribution in [0.25, 0.3) is 10.9 Å². The van der Waals surface area contributed by atoms with Gasteiger partial charge in [0.25, 0.3) is 0 Å². The van der Waals surface area contributed by atoms with Crippen molar-refractivity contribution in [1.29, 1.82) is 0 Å². The highest BCUT2D eigenvalue weighted by atomic mass is 35.5. The Labute approximate surface area is 379 Å². The summed E-state index contributed by atoms with van der Waals surface area (Å²) < 4.78 is 48.7. The number of alkyl halides is 3. The second-order valence-corrected chi connectivity index (χ2v) is 16.8. The van der Waals surface area contributed by atoms with E-state index in [4.69, 9.17) is 32.7 Å². The number of fused-ring (bicyclic) bond motifs is 4. The van der Waals surface area contributed by atoms with E-state index >= 15 is 0 Å². The number of benzene rings is 5. The van der Waals surface area contributed by atoms with Gasteiger partial charge in [-0.2, -0.15) is 13.2 Å². The van der Waals surface area contributed by atoms with Gasteiger partial charge in [-0.05, 0) is 110 Å². The molecule has 9 nitrogen and oxygen atoms in total. The largest absolute Gasteiger partial charge is 0.478 e. The zero-order valence-corrected chi connectivity index (χ0v) is 36.5. The van der Waals surface area contributed by atoms with E-state index < -0.39 is 42.0 Å². The maximum absolute atomic E-state index is 12.6. The van der Waals surface area contributed by atoms with Crippen molar-refractivity contribution in [3.05, 3.63) is 184 Å². The predicted octanol–water partition coefficient (Wildman–Crippen LogP) is 12.0. The molecule has 0 aliphatic carbocycles. The first kappa shape index (κ1) is 47.6. The molecule has 3 saturated heterocycles. The lowest BCUT2D eigenvalue weighted by Crippen LogP contribution is -2.58. The van der Waals surface area contributed by atoms with E-state index in [0.29, 0.717) is 27.3 Å². The van der Waals surface area contributed by atoms with Gasteiger partial charge in [-0.1, -0.05) is 96.9 Å². The first-order chi connectivity index (χ1) is 30.4. The van der Waals surface area contributed by atoms with E-state index in [2.05, 4.69) is 35.5 Å². The van der Waals surface area contributed by atoms with Crippen molar-refractivity contribution in [1.82, 2.24) is 9.88 Å². The second-order valence-electron chi connectivity index (χ2n) is 15.9. The summed E-state index contributed by atoms with van der Waals surface area (Å²) in [6.45, 7) is 10.4. The molecule has 14 heteroatoms. The van der Waals surface area contributed by atoms with Crippen molar-refractivity contribution >= 4 is 46.0 Å². The summed E-state index contributed by atoms with van der Waals surface area (Å²) in [7, 11) is 0. The summed E-state index contributed by atoms with van der Waals surface area (Å²) in [6.07, 6.45) is -1.28. The summed E-state index contributed by atoms with van der Waals surface area (Å²) >= 11 is 11.5. The average Bonchev–Trinajstić information content (AvgIpc) is 3.28. The van der Waals surface area contributed by atoms with Gasteiger partial charge in [-0.15, -0.1) is 6.58 Å². The number of rotatable bonds is 11. The maximum atomic E-state index is 12.6. The molecule has 334 valence electrons. The fourth-order valence-electron chi connectivity index (χ4n) is 8.05. The van der Waals surface area contributed by atoms with Crippen molar-refractivity contribution < 1.29 is 47.6 Å². The Bertz CT molecular complexity index is 2550. The van der Waals surface area contributed by atoms with Crippen molar-refractivity contribution in [2.45, 2.75) is 57.2 Å². The van der Waals surface area contributed by atoms with Crippen LogP contribution in [0.5, 0.6) is 11.5 Å². The van der Waals surface area contributed by atoms with Crippen molar-refractivity contribution in [3.63, 3.8) is 0 Å². The van der Waals surface area contributed by atoms with Crippen molar-refractivity contribution in [2.75, 3.05) is 13.1 Å². The van der Waals surface area contributed by atoms with E-state index in [0.717, 1.165) is 59.7 Å². The minimum absolute atomic E-state index is 0.183. The molecule has 7 atom stereocenters. The monoisotopic (exact) mass is 914 g/mol. The number of para-hydroxylation sites is 1. The van der Waals surface area contributed by atoms with E-state index in [1.165, 1.54) is 36.8 Å². The normalized spacial score (nSPS) is 20.3. The number of nitrogens with zero attached hydrogens (tertiary/aromatic N) is 2. The quantitative estimate of drug-likeness (QED) is 0.109. The first-order valence-electron chi connectivity index (χ1n) is 20.4. The van der Waals surface area contributed by atoms with Gasteiger partial charge in [0.1, 0.15) is 11.5 Å². The minimum atomic E-state index is -4.53. The highest BCUT2D eigenvalue weighted by Gasteiger charge is 2.48. The van der Waals surface area contributed by atoms with Gasteiger partial charge < -0.3 is 24.8 Å². The third-order valence-electron chi connectivity index (χ3n) is 11.5. The lowest BCUT2D eigenvalue weighted by atomic mass is 9.65. The first-order valence-corrected chi connectivity index (χ1v) is 21.1. The third-order valence-corrected chi connectivity index (χ3v) is 12.0. The number of aromatic nitrogens is 1. The Balaban J connectivity index is 0.000000160. The number of carbonyl (C=O) groups is 2. The standard InChI is InChI=1S/C20H24N2O.C15H10ClF3O3.C15H13ClO3/c1-3-20(2)13-22-11-9-14(20)12-18(22)19(23)16-8-10-21-17-7-5-4-6-15(16)17;16-11-6-4-9(5-7-11)13(14(20)21)22-12-3-1-2-10(8-12)15(17,18)19;1-10-3-2-4-13(9-10)19-14(15(17)18)11-5-7-12(16)8-6-11/h3-8,10,14,18-19,23H,1,9,11-13H2,2H3;1-8,13H,(H,20,21);2-9,14H,1H3,(H,17,18)/t14?,18-,19-,20?;;/m1../s1. The summed E-state index contributed by atoms with van der Waals surface area (Å²) in [6, 6.07) is 34.0. The predicted molar refractivity (Wildman–Crippen MR) is 241 cm³/mol. The molecule has 3 aliphatic heterocycles.